The molecule has 4 N–H and O–H groups in total. The molecule has 3 aromatic rings. The number of nitrogens with one attached hydrogen (secondary N) is 2. The molecule has 0 bridgehead atoms. The minimum absolute atomic E-state index is 0.431. The summed E-state index contributed by atoms with van der Waals surface area (Å²) >= 11 is 0. The standard InChI is InChI=1S/C21H25N5O.C2H6/c1-10(22)18(11(2)23)16-8-15(19-12(3)26-27-13(19)4)9-17-20(16)25-21(24-17)14-6-5-7-14;1-2/h8-9,14,22H,5-7,23H2,1-4H3,(H,24,25);1-2H3/b18-11+,22-10?;. The van der Waals surface area contributed by atoms with E-state index in [2.05, 4.69) is 22.3 Å². The molecule has 2 aromatic heterocycles. The van der Waals surface area contributed by atoms with Gasteiger partial charge in [-0.2, -0.15) is 0 Å². The lowest BCUT2D eigenvalue weighted by Gasteiger charge is -2.22. The predicted octanol–water partition coefficient (Wildman–Crippen LogP) is 5.86. The van der Waals surface area contributed by atoms with Gasteiger partial charge in [-0.3, -0.25) is 0 Å². The Morgan fingerprint density at radius 1 is 1.21 bits per heavy atom. The van der Waals surface area contributed by atoms with Crippen LogP contribution in [0.3, 0.4) is 0 Å². The van der Waals surface area contributed by atoms with Gasteiger partial charge >= 0.3 is 0 Å². The number of hydrogen-bond acceptors (Lipinski definition) is 5. The highest BCUT2D eigenvalue weighted by Gasteiger charge is 2.25. The summed E-state index contributed by atoms with van der Waals surface area (Å²) in [5.41, 5.74) is 13.5. The van der Waals surface area contributed by atoms with E-state index in [1.54, 1.807) is 6.92 Å². The lowest BCUT2D eigenvalue weighted by atomic mass is 9.85. The van der Waals surface area contributed by atoms with Crippen LogP contribution in [0, 0.1) is 19.3 Å². The Bertz CT molecular complexity index is 1060. The average Bonchev–Trinajstić information content (AvgIpc) is 3.17. The van der Waals surface area contributed by atoms with Gasteiger partial charge < -0.3 is 20.7 Å². The van der Waals surface area contributed by atoms with Crippen molar-refractivity contribution in [3.8, 4) is 11.1 Å². The van der Waals surface area contributed by atoms with E-state index in [1.807, 2.05) is 34.6 Å². The Kier molecular flexibility index (Phi) is 5.91. The van der Waals surface area contributed by atoms with Crippen molar-refractivity contribution in [1.82, 2.24) is 15.1 Å². The van der Waals surface area contributed by atoms with Crippen LogP contribution in [0.2, 0.25) is 0 Å². The number of fused-ring (bicyclic) bond motifs is 1. The van der Waals surface area contributed by atoms with E-state index in [-0.39, 0.29) is 0 Å². The van der Waals surface area contributed by atoms with Crippen molar-refractivity contribution in [2.45, 2.75) is 66.7 Å². The van der Waals surface area contributed by atoms with Gasteiger partial charge in [0, 0.05) is 34.0 Å². The van der Waals surface area contributed by atoms with E-state index in [0.717, 1.165) is 50.6 Å². The zero-order valence-electron chi connectivity index (χ0n) is 18.2. The summed E-state index contributed by atoms with van der Waals surface area (Å²) in [7, 11) is 0. The molecule has 29 heavy (non-hydrogen) atoms. The third-order valence-electron chi connectivity index (χ3n) is 5.46. The topological polar surface area (TPSA) is 105 Å². The monoisotopic (exact) mass is 393 g/mol. The summed E-state index contributed by atoms with van der Waals surface area (Å²) in [6.07, 6.45) is 3.60. The fourth-order valence-corrected chi connectivity index (χ4v) is 3.95. The van der Waals surface area contributed by atoms with Gasteiger partial charge in [-0.25, -0.2) is 4.98 Å². The fourth-order valence-electron chi connectivity index (χ4n) is 3.95. The normalized spacial score (nSPS) is 14.8. The first-order chi connectivity index (χ1) is 13.9. The third kappa shape index (κ3) is 3.71. The highest BCUT2D eigenvalue weighted by atomic mass is 16.5. The molecule has 154 valence electrons. The molecule has 0 saturated heterocycles. The van der Waals surface area contributed by atoms with Crippen LogP contribution < -0.4 is 5.73 Å². The second-order valence-corrected chi connectivity index (χ2v) is 7.55. The van der Waals surface area contributed by atoms with Gasteiger partial charge in [0.05, 0.1) is 16.7 Å². The smallest absolute Gasteiger partial charge is 0.141 e. The largest absolute Gasteiger partial charge is 0.402 e. The predicted molar refractivity (Wildman–Crippen MR) is 119 cm³/mol. The van der Waals surface area contributed by atoms with E-state index < -0.39 is 0 Å². The Balaban J connectivity index is 0.00000117. The van der Waals surface area contributed by atoms with Crippen LogP contribution in [0.1, 0.15) is 75.7 Å². The minimum atomic E-state index is 0.431. The number of H-pyrrole nitrogens is 1. The Morgan fingerprint density at radius 3 is 2.38 bits per heavy atom. The van der Waals surface area contributed by atoms with Crippen LogP contribution in [-0.4, -0.2) is 20.8 Å². The van der Waals surface area contributed by atoms with E-state index in [0.29, 0.717) is 17.3 Å². The molecule has 1 aromatic carbocycles. The number of nitrogens with two attached hydrogens (primary N) is 1. The first kappa shape index (κ1) is 20.8. The van der Waals surface area contributed by atoms with Gasteiger partial charge in [0.1, 0.15) is 11.6 Å². The van der Waals surface area contributed by atoms with Crippen LogP contribution in [0.5, 0.6) is 0 Å². The van der Waals surface area contributed by atoms with Crippen LogP contribution >= 0.6 is 0 Å². The molecule has 0 amide bonds. The highest BCUT2D eigenvalue weighted by molar-refractivity contribution is 6.24. The zero-order chi connectivity index (χ0) is 21.3. The number of allylic oxidation sites excluding steroid dienone is 2. The molecule has 2 heterocycles. The van der Waals surface area contributed by atoms with Crippen molar-refractivity contribution in [1.29, 1.82) is 5.41 Å². The maximum Gasteiger partial charge on any atom is 0.141 e. The molecule has 6 heteroatoms. The first-order valence-electron chi connectivity index (χ1n) is 10.4. The first-order valence-corrected chi connectivity index (χ1v) is 10.4. The maximum absolute atomic E-state index is 8.26. The van der Waals surface area contributed by atoms with Gasteiger partial charge in [-0.1, -0.05) is 25.4 Å². The summed E-state index contributed by atoms with van der Waals surface area (Å²) in [6.45, 7) is 11.5. The van der Waals surface area contributed by atoms with Crippen molar-refractivity contribution in [2.24, 2.45) is 5.73 Å². The molecule has 1 saturated carbocycles. The highest BCUT2D eigenvalue weighted by Crippen LogP contribution is 2.39. The minimum Gasteiger partial charge on any atom is -0.402 e. The Morgan fingerprint density at radius 2 is 1.90 bits per heavy atom. The lowest BCUT2D eigenvalue weighted by Crippen LogP contribution is -2.10. The molecular formula is C23H31N5O. The molecule has 0 spiro atoms. The number of imidazole rings is 1. The Labute approximate surface area is 172 Å². The van der Waals surface area contributed by atoms with E-state index >= 15 is 0 Å². The second-order valence-electron chi connectivity index (χ2n) is 7.55. The molecule has 0 aliphatic heterocycles. The van der Waals surface area contributed by atoms with Gasteiger partial charge in [-0.05, 0) is 58.2 Å². The van der Waals surface area contributed by atoms with Crippen molar-refractivity contribution < 1.29 is 4.52 Å². The molecule has 6 nitrogen and oxygen atoms in total. The van der Waals surface area contributed by atoms with Crippen LogP contribution in [0.25, 0.3) is 27.7 Å². The van der Waals surface area contributed by atoms with Crippen LogP contribution in [0.15, 0.2) is 22.4 Å². The molecule has 0 radical (unpaired) electrons. The van der Waals surface area contributed by atoms with Gasteiger partial charge in [-0.15, -0.1) is 0 Å². The summed E-state index contributed by atoms with van der Waals surface area (Å²) < 4.78 is 5.37. The second kappa shape index (κ2) is 8.23. The van der Waals surface area contributed by atoms with Gasteiger partial charge in [0.25, 0.3) is 0 Å². The van der Waals surface area contributed by atoms with E-state index in [4.69, 9.17) is 20.7 Å². The quantitative estimate of drug-likeness (QED) is 0.483. The van der Waals surface area contributed by atoms with Crippen molar-refractivity contribution in [3.63, 3.8) is 0 Å². The number of nitrogens with zero attached hydrogens (tertiary/aromatic N) is 2. The fraction of sp³-hybridized carbons (Fsp3) is 0.435. The molecule has 0 unspecified atom stereocenters. The summed E-state index contributed by atoms with van der Waals surface area (Å²) in [5, 5.41) is 12.3. The average molecular weight is 394 g/mol. The van der Waals surface area contributed by atoms with Crippen LogP contribution in [0.4, 0.5) is 0 Å². The third-order valence-corrected chi connectivity index (χ3v) is 5.46. The number of benzene rings is 1. The number of aromatic amines is 1. The lowest BCUT2D eigenvalue weighted by molar-refractivity contribution is 0.393. The van der Waals surface area contributed by atoms with Gasteiger partial charge in [0.15, 0.2) is 0 Å². The van der Waals surface area contributed by atoms with Crippen LogP contribution in [-0.2, 0) is 0 Å². The number of aryl methyl sites for hydroxylation is 2. The van der Waals surface area contributed by atoms with Crippen molar-refractivity contribution in [3.05, 3.63) is 40.7 Å². The van der Waals surface area contributed by atoms with E-state index in [1.165, 1.54) is 19.3 Å². The summed E-state index contributed by atoms with van der Waals surface area (Å²) in [5.74, 6) is 2.31. The SMILES string of the molecule is CC.CC(=N)/C(=C(/C)N)c1cc(-c2c(C)noc2C)cc2[nH]c(C3CCC3)nc12. The number of aromatic nitrogens is 3. The number of hydrogen-bond donors (Lipinski definition) is 3. The van der Waals surface area contributed by atoms with Crippen molar-refractivity contribution in [2.75, 3.05) is 0 Å². The molecular weight excluding hydrogens is 362 g/mol. The van der Waals surface area contributed by atoms with Gasteiger partial charge in [0.2, 0.25) is 0 Å². The summed E-state index contributed by atoms with van der Waals surface area (Å²) in [4.78, 5) is 8.42. The molecule has 1 aliphatic carbocycles. The van der Waals surface area contributed by atoms with E-state index in [9.17, 15) is 0 Å². The molecule has 0 atom stereocenters. The molecule has 1 aliphatic rings. The zero-order valence-corrected chi connectivity index (χ0v) is 18.2. The molecule has 1 fully saturated rings. The number of rotatable bonds is 4. The maximum atomic E-state index is 8.26. The van der Waals surface area contributed by atoms with Crippen molar-refractivity contribution >= 4 is 22.3 Å². The molecule has 4 rings (SSSR count). The Hall–Kier alpha value is -2.89. The summed E-state index contributed by atoms with van der Waals surface area (Å²) in [6, 6.07) is 4.16.